The third kappa shape index (κ3) is 1.37. The van der Waals surface area contributed by atoms with E-state index in [0.717, 1.165) is 0 Å². The van der Waals surface area contributed by atoms with Crippen molar-refractivity contribution in [2.75, 3.05) is 0 Å². The number of nitrogens with zero attached hydrogens (tertiary/aromatic N) is 2. The summed E-state index contributed by atoms with van der Waals surface area (Å²) >= 11 is 0. The van der Waals surface area contributed by atoms with E-state index in [1.54, 1.807) is 29.9 Å². The summed E-state index contributed by atoms with van der Waals surface area (Å²) in [5.41, 5.74) is 1.02. The molecular weight excluding hydrogens is 208 g/mol. The van der Waals surface area contributed by atoms with Gasteiger partial charge in [-0.25, -0.2) is 0 Å². The first-order chi connectivity index (χ1) is 7.52. The van der Waals surface area contributed by atoms with Crippen molar-refractivity contribution in [2.24, 2.45) is 7.05 Å². The van der Waals surface area contributed by atoms with E-state index in [1.807, 2.05) is 0 Å². The molecule has 1 aromatic carbocycles. The maximum Gasteiger partial charge on any atom is 0.293 e. The lowest BCUT2D eigenvalue weighted by Crippen LogP contribution is -1.93. The monoisotopic (exact) mass is 218 g/mol. The molecule has 0 unspecified atom stereocenters. The Labute approximate surface area is 91.4 Å². The Kier molecular flexibility index (Phi) is 2.23. The molecule has 0 N–H and O–H groups in total. The van der Waals surface area contributed by atoms with Gasteiger partial charge in [-0.15, -0.1) is 0 Å². The highest BCUT2D eigenvalue weighted by Gasteiger charge is 2.18. The van der Waals surface area contributed by atoms with Gasteiger partial charge in [-0.2, -0.15) is 0 Å². The van der Waals surface area contributed by atoms with Crippen molar-refractivity contribution in [1.29, 1.82) is 0 Å². The summed E-state index contributed by atoms with van der Waals surface area (Å²) in [4.78, 5) is 21.8. The summed E-state index contributed by atoms with van der Waals surface area (Å²) in [6.07, 6.45) is 1.62. The van der Waals surface area contributed by atoms with Crippen LogP contribution in [-0.4, -0.2) is 15.3 Å². The number of nitro groups is 1. The van der Waals surface area contributed by atoms with Crippen LogP contribution in [0.5, 0.6) is 0 Å². The molecule has 0 saturated carbocycles. The van der Waals surface area contributed by atoms with Crippen LogP contribution in [0, 0.1) is 10.1 Å². The maximum absolute atomic E-state index is 11.4. The van der Waals surface area contributed by atoms with Gasteiger partial charge in [0, 0.05) is 30.3 Å². The normalized spacial score (nSPS) is 10.6. The second kappa shape index (κ2) is 3.44. The minimum absolute atomic E-state index is 0.0208. The summed E-state index contributed by atoms with van der Waals surface area (Å²) in [6.45, 7) is 1.45. The molecule has 0 fully saturated rings. The van der Waals surface area contributed by atoms with Crippen molar-refractivity contribution in [2.45, 2.75) is 6.92 Å². The number of aromatic nitrogens is 1. The molecule has 1 aromatic heterocycles. The van der Waals surface area contributed by atoms with E-state index in [4.69, 9.17) is 0 Å². The first-order valence-corrected chi connectivity index (χ1v) is 4.75. The number of aryl methyl sites for hydroxylation is 1. The zero-order chi connectivity index (χ0) is 11.9. The molecule has 5 nitrogen and oxygen atoms in total. The number of hydrogen-bond acceptors (Lipinski definition) is 3. The molecule has 5 heteroatoms. The summed E-state index contributed by atoms with van der Waals surface area (Å²) in [6, 6.07) is 4.75. The van der Waals surface area contributed by atoms with Gasteiger partial charge in [0.25, 0.3) is 5.69 Å². The zero-order valence-corrected chi connectivity index (χ0v) is 8.93. The first kappa shape index (κ1) is 10.4. The van der Waals surface area contributed by atoms with Crippen molar-refractivity contribution >= 4 is 22.4 Å². The number of carbonyl (C=O) groups excluding carboxylic acids is 1. The minimum atomic E-state index is -0.438. The highest BCUT2D eigenvalue weighted by Crippen LogP contribution is 2.29. The number of para-hydroxylation sites is 1. The lowest BCUT2D eigenvalue weighted by Gasteiger charge is -1.97. The van der Waals surface area contributed by atoms with E-state index < -0.39 is 4.92 Å². The van der Waals surface area contributed by atoms with Crippen LogP contribution >= 0.6 is 0 Å². The van der Waals surface area contributed by atoms with E-state index in [0.29, 0.717) is 16.5 Å². The number of carbonyl (C=O) groups is 1. The van der Waals surface area contributed by atoms with Gasteiger partial charge in [-0.3, -0.25) is 14.9 Å². The fourth-order valence-electron chi connectivity index (χ4n) is 1.87. The molecule has 0 aliphatic rings. The molecule has 0 aliphatic heterocycles. The highest BCUT2D eigenvalue weighted by molar-refractivity contribution is 6.08. The molecule has 16 heavy (non-hydrogen) atoms. The van der Waals surface area contributed by atoms with Crippen LogP contribution in [0.3, 0.4) is 0 Å². The van der Waals surface area contributed by atoms with Gasteiger partial charge in [0.05, 0.1) is 4.92 Å². The SMILES string of the molecule is CC(=O)c1cn(C)c2c([N+](=O)[O-])cccc12. The van der Waals surface area contributed by atoms with Crippen LogP contribution in [0.4, 0.5) is 5.69 Å². The fourth-order valence-corrected chi connectivity index (χ4v) is 1.87. The third-order valence-electron chi connectivity index (χ3n) is 2.56. The van der Waals surface area contributed by atoms with Gasteiger partial charge < -0.3 is 4.57 Å². The molecular formula is C11H10N2O3. The average molecular weight is 218 g/mol. The summed E-state index contributed by atoms with van der Waals surface area (Å²) in [7, 11) is 1.70. The molecule has 0 saturated heterocycles. The lowest BCUT2D eigenvalue weighted by atomic mass is 10.1. The Morgan fingerprint density at radius 3 is 2.69 bits per heavy atom. The van der Waals surface area contributed by atoms with E-state index >= 15 is 0 Å². The number of fused-ring (bicyclic) bond motifs is 1. The van der Waals surface area contributed by atoms with Gasteiger partial charge >= 0.3 is 0 Å². The molecule has 0 spiro atoms. The van der Waals surface area contributed by atoms with E-state index in [-0.39, 0.29) is 11.5 Å². The molecule has 0 bridgehead atoms. The Bertz CT molecular complexity index is 599. The third-order valence-corrected chi connectivity index (χ3v) is 2.56. The highest BCUT2D eigenvalue weighted by atomic mass is 16.6. The standard InChI is InChI=1S/C11H10N2O3/c1-7(14)9-6-12(2)11-8(9)4-3-5-10(11)13(15)16/h3-6H,1-2H3. The quantitative estimate of drug-likeness (QED) is 0.441. The Hall–Kier alpha value is -2.17. The van der Waals surface area contributed by atoms with Crippen LogP contribution in [0.2, 0.25) is 0 Å². The molecule has 2 rings (SSSR count). The molecule has 0 amide bonds. The van der Waals surface area contributed by atoms with Crippen LogP contribution < -0.4 is 0 Å². The molecule has 0 aliphatic carbocycles. The van der Waals surface area contributed by atoms with Crippen molar-refractivity contribution in [3.8, 4) is 0 Å². The molecule has 0 radical (unpaired) electrons. The number of benzene rings is 1. The molecule has 2 aromatic rings. The lowest BCUT2D eigenvalue weighted by molar-refractivity contribution is -0.383. The summed E-state index contributed by atoms with van der Waals surface area (Å²) < 4.78 is 1.62. The number of ketones is 1. The smallest absolute Gasteiger partial charge is 0.293 e. The first-order valence-electron chi connectivity index (χ1n) is 4.75. The van der Waals surface area contributed by atoms with Crippen molar-refractivity contribution in [1.82, 2.24) is 4.57 Å². The van der Waals surface area contributed by atoms with Crippen molar-refractivity contribution in [3.05, 3.63) is 40.1 Å². The van der Waals surface area contributed by atoms with Crippen LogP contribution in [-0.2, 0) is 7.05 Å². The van der Waals surface area contributed by atoms with Gasteiger partial charge in [-0.05, 0) is 6.92 Å². The molecule has 1 heterocycles. The van der Waals surface area contributed by atoms with Crippen molar-refractivity contribution < 1.29 is 9.72 Å². The van der Waals surface area contributed by atoms with E-state index in [2.05, 4.69) is 0 Å². The summed E-state index contributed by atoms with van der Waals surface area (Å²) in [5.74, 6) is -0.0916. The minimum Gasteiger partial charge on any atom is -0.344 e. The Morgan fingerprint density at radius 1 is 1.44 bits per heavy atom. The number of hydrogen-bond donors (Lipinski definition) is 0. The van der Waals surface area contributed by atoms with Gasteiger partial charge in [0.15, 0.2) is 5.78 Å². The molecule has 0 atom stereocenters. The van der Waals surface area contributed by atoms with E-state index in [1.165, 1.54) is 13.0 Å². The largest absolute Gasteiger partial charge is 0.344 e. The maximum atomic E-state index is 11.4. The van der Waals surface area contributed by atoms with Gasteiger partial charge in [0.2, 0.25) is 0 Å². The molecule has 82 valence electrons. The van der Waals surface area contributed by atoms with Gasteiger partial charge in [0.1, 0.15) is 5.52 Å². The summed E-state index contributed by atoms with van der Waals surface area (Å²) in [5, 5.41) is 11.5. The van der Waals surface area contributed by atoms with Crippen LogP contribution in [0.15, 0.2) is 24.4 Å². The van der Waals surface area contributed by atoms with E-state index in [9.17, 15) is 14.9 Å². The number of nitro benzene ring substituents is 1. The van der Waals surface area contributed by atoms with Crippen molar-refractivity contribution in [3.63, 3.8) is 0 Å². The fraction of sp³-hybridized carbons (Fsp3) is 0.182. The number of non-ortho nitro benzene ring substituents is 1. The zero-order valence-electron chi connectivity index (χ0n) is 8.93. The Balaban J connectivity index is 2.90. The van der Waals surface area contributed by atoms with Crippen LogP contribution in [0.1, 0.15) is 17.3 Å². The second-order valence-corrected chi connectivity index (χ2v) is 3.64. The Morgan fingerprint density at radius 2 is 2.12 bits per heavy atom. The van der Waals surface area contributed by atoms with Gasteiger partial charge in [-0.1, -0.05) is 12.1 Å². The van der Waals surface area contributed by atoms with Crippen LogP contribution in [0.25, 0.3) is 10.9 Å². The topological polar surface area (TPSA) is 65.1 Å². The second-order valence-electron chi connectivity index (χ2n) is 3.64. The number of rotatable bonds is 2. The number of Topliss-reactive ketones (excluding diaryl/α,β-unsaturated/α-hetero) is 1. The predicted octanol–water partition coefficient (Wildman–Crippen LogP) is 2.29. The predicted molar refractivity (Wildman–Crippen MR) is 59.6 cm³/mol. The average Bonchev–Trinajstić information content (AvgIpc) is 2.56.